The number of benzene rings is 1. The highest BCUT2D eigenvalue weighted by molar-refractivity contribution is 5.24. The van der Waals surface area contributed by atoms with Crippen LogP contribution in [0.4, 0.5) is 4.39 Å². The standard InChI is InChI=1S/C14H21FN2/c1-2-17(9-11-3-4-11)10-13-5-12(8-16)6-14(15)7-13/h5-7,11H,2-4,8-10,16H2,1H3. The lowest BCUT2D eigenvalue weighted by molar-refractivity contribution is 0.268. The third kappa shape index (κ3) is 3.79. The van der Waals surface area contributed by atoms with Gasteiger partial charge in [0.05, 0.1) is 0 Å². The van der Waals surface area contributed by atoms with E-state index in [1.54, 1.807) is 6.07 Å². The van der Waals surface area contributed by atoms with Gasteiger partial charge in [-0.15, -0.1) is 0 Å². The van der Waals surface area contributed by atoms with Crippen molar-refractivity contribution in [3.8, 4) is 0 Å². The van der Waals surface area contributed by atoms with Crippen molar-refractivity contribution in [2.24, 2.45) is 11.7 Å². The first-order valence-electron chi connectivity index (χ1n) is 6.42. The highest BCUT2D eigenvalue weighted by atomic mass is 19.1. The molecule has 2 nitrogen and oxygen atoms in total. The van der Waals surface area contributed by atoms with Crippen molar-refractivity contribution in [3.63, 3.8) is 0 Å². The summed E-state index contributed by atoms with van der Waals surface area (Å²) < 4.78 is 13.4. The Morgan fingerprint density at radius 2 is 2.00 bits per heavy atom. The monoisotopic (exact) mass is 236 g/mol. The van der Waals surface area contributed by atoms with Crippen LogP contribution in [0.1, 0.15) is 30.9 Å². The summed E-state index contributed by atoms with van der Waals surface area (Å²) >= 11 is 0. The Labute approximate surface area is 103 Å². The normalized spacial score (nSPS) is 15.5. The van der Waals surface area contributed by atoms with Gasteiger partial charge in [-0.25, -0.2) is 4.39 Å². The van der Waals surface area contributed by atoms with E-state index >= 15 is 0 Å². The first-order valence-corrected chi connectivity index (χ1v) is 6.42. The summed E-state index contributed by atoms with van der Waals surface area (Å²) in [5.41, 5.74) is 7.47. The van der Waals surface area contributed by atoms with E-state index in [0.29, 0.717) is 6.54 Å². The lowest BCUT2D eigenvalue weighted by atomic mass is 10.1. The van der Waals surface area contributed by atoms with E-state index in [4.69, 9.17) is 5.73 Å². The topological polar surface area (TPSA) is 29.3 Å². The van der Waals surface area contributed by atoms with Crippen LogP contribution in [0, 0.1) is 11.7 Å². The van der Waals surface area contributed by atoms with Crippen LogP contribution < -0.4 is 5.73 Å². The average molecular weight is 236 g/mol. The summed E-state index contributed by atoms with van der Waals surface area (Å²) in [6, 6.07) is 5.15. The molecule has 0 atom stereocenters. The molecule has 0 aromatic heterocycles. The summed E-state index contributed by atoms with van der Waals surface area (Å²) in [6.07, 6.45) is 2.71. The number of nitrogens with two attached hydrogens (primary N) is 1. The van der Waals surface area contributed by atoms with Crippen LogP contribution in [0.2, 0.25) is 0 Å². The smallest absolute Gasteiger partial charge is 0.123 e. The van der Waals surface area contributed by atoms with Crippen LogP contribution in [-0.4, -0.2) is 18.0 Å². The largest absolute Gasteiger partial charge is 0.326 e. The zero-order chi connectivity index (χ0) is 12.3. The summed E-state index contributed by atoms with van der Waals surface area (Å²) in [5.74, 6) is 0.697. The maximum absolute atomic E-state index is 13.4. The Bertz CT molecular complexity index is 374. The van der Waals surface area contributed by atoms with Crippen LogP contribution in [-0.2, 0) is 13.1 Å². The Morgan fingerprint density at radius 3 is 2.59 bits per heavy atom. The van der Waals surface area contributed by atoms with Crippen molar-refractivity contribution >= 4 is 0 Å². The predicted octanol–water partition coefficient (Wildman–Crippen LogP) is 2.52. The molecular formula is C14H21FN2. The maximum atomic E-state index is 13.4. The molecule has 0 spiro atoms. The molecule has 0 amide bonds. The fourth-order valence-electron chi connectivity index (χ4n) is 2.16. The molecule has 3 heteroatoms. The maximum Gasteiger partial charge on any atom is 0.123 e. The highest BCUT2D eigenvalue weighted by Gasteiger charge is 2.23. The number of hydrogen-bond donors (Lipinski definition) is 1. The lowest BCUT2D eigenvalue weighted by Gasteiger charge is -2.20. The minimum Gasteiger partial charge on any atom is -0.326 e. The van der Waals surface area contributed by atoms with E-state index in [-0.39, 0.29) is 5.82 Å². The van der Waals surface area contributed by atoms with Crippen LogP contribution >= 0.6 is 0 Å². The second-order valence-corrected chi connectivity index (χ2v) is 4.94. The zero-order valence-electron chi connectivity index (χ0n) is 10.5. The molecule has 1 saturated carbocycles. The van der Waals surface area contributed by atoms with Crippen molar-refractivity contribution in [1.29, 1.82) is 0 Å². The van der Waals surface area contributed by atoms with Crippen LogP contribution in [0.5, 0.6) is 0 Å². The molecule has 1 aromatic carbocycles. The molecule has 0 bridgehead atoms. The summed E-state index contributed by atoms with van der Waals surface area (Å²) in [6.45, 7) is 5.55. The molecule has 1 aromatic rings. The minimum absolute atomic E-state index is 0.176. The molecule has 0 aliphatic heterocycles. The van der Waals surface area contributed by atoms with E-state index in [0.717, 1.165) is 36.7 Å². The summed E-state index contributed by atoms with van der Waals surface area (Å²) in [4.78, 5) is 2.38. The number of nitrogens with zero attached hydrogens (tertiary/aromatic N) is 1. The van der Waals surface area contributed by atoms with Gasteiger partial charge in [0.15, 0.2) is 0 Å². The molecule has 0 radical (unpaired) electrons. The SMILES string of the molecule is CCN(Cc1cc(F)cc(CN)c1)CC1CC1. The number of halogens is 1. The number of hydrogen-bond acceptors (Lipinski definition) is 2. The van der Waals surface area contributed by atoms with Gasteiger partial charge < -0.3 is 5.73 Å². The van der Waals surface area contributed by atoms with Crippen molar-refractivity contribution in [3.05, 3.63) is 35.1 Å². The van der Waals surface area contributed by atoms with Gasteiger partial charge in [-0.05, 0) is 48.6 Å². The van der Waals surface area contributed by atoms with Gasteiger partial charge >= 0.3 is 0 Å². The Hall–Kier alpha value is -0.930. The molecule has 2 N–H and O–H groups in total. The molecule has 1 aliphatic rings. The van der Waals surface area contributed by atoms with E-state index in [2.05, 4.69) is 11.8 Å². The van der Waals surface area contributed by atoms with Gasteiger partial charge in [0.2, 0.25) is 0 Å². The quantitative estimate of drug-likeness (QED) is 0.822. The molecule has 0 saturated heterocycles. The van der Waals surface area contributed by atoms with Gasteiger partial charge in [0.1, 0.15) is 5.82 Å². The van der Waals surface area contributed by atoms with Crippen molar-refractivity contribution in [2.75, 3.05) is 13.1 Å². The molecule has 94 valence electrons. The second-order valence-electron chi connectivity index (χ2n) is 4.94. The van der Waals surface area contributed by atoms with Gasteiger partial charge in [-0.1, -0.05) is 13.0 Å². The summed E-state index contributed by atoms with van der Waals surface area (Å²) in [7, 11) is 0. The first kappa shape index (κ1) is 12.5. The second kappa shape index (κ2) is 5.61. The van der Waals surface area contributed by atoms with E-state index in [1.165, 1.54) is 18.9 Å². The Balaban J connectivity index is 2.01. The molecule has 1 aliphatic carbocycles. The molecule has 17 heavy (non-hydrogen) atoms. The molecular weight excluding hydrogens is 215 g/mol. The van der Waals surface area contributed by atoms with Crippen LogP contribution in [0.15, 0.2) is 18.2 Å². The fourth-order valence-corrected chi connectivity index (χ4v) is 2.16. The molecule has 1 fully saturated rings. The number of rotatable bonds is 6. The van der Waals surface area contributed by atoms with Gasteiger partial charge in [-0.3, -0.25) is 4.90 Å². The van der Waals surface area contributed by atoms with Gasteiger partial charge in [0, 0.05) is 19.6 Å². The molecule has 0 heterocycles. The zero-order valence-corrected chi connectivity index (χ0v) is 10.5. The third-order valence-electron chi connectivity index (χ3n) is 3.32. The average Bonchev–Trinajstić information content (AvgIpc) is 3.11. The van der Waals surface area contributed by atoms with Gasteiger partial charge in [0.25, 0.3) is 0 Å². The molecule has 0 unspecified atom stereocenters. The molecule has 2 rings (SSSR count). The van der Waals surface area contributed by atoms with E-state index in [9.17, 15) is 4.39 Å². The lowest BCUT2D eigenvalue weighted by Crippen LogP contribution is -2.25. The Kier molecular flexibility index (Phi) is 4.13. The predicted molar refractivity (Wildman–Crippen MR) is 68.0 cm³/mol. The summed E-state index contributed by atoms with van der Waals surface area (Å²) in [5, 5.41) is 0. The Morgan fingerprint density at radius 1 is 1.29 bits per heavy atom. The van der Waals surface area contributed by atoms with Crippen molar-refractivity contribution < 1.29 is 4.39 Å². The van der Waals surface area contributed by atoms with Crippen LogP contribution in [0.3, 0.4) is 0 Å². The third-order valence-corrected chi connectivity index (χ3v) is 3.32. The first-order chi connectivity index (χ1) is 8.21. The fraction of sp³-hybridized carbons (Fsp3) is 0.571. The highest BCUT2D eigenvalue weighted by Crippen LogP contribution is 2.30. The van der Waals surface area contributed by atoms with Gasteiger partial charge in [-0.2, -0.15) is 0 Å². The van der Waals surface area contributed by atoms with Crippen LogP contribution in [0.25, 0.3) is 0 Å². The van der Waals surface area contributed by atoms with E-state index in [1.807, 2.05) is 6.07 Å². The van der Waals surface area contributed by atoms with E-state index < -0.39 is 0 Å². The van der Waals surface area contributed by atoms with Crippen molar-refractivity contribution in [1.82, 2.24) is 4.90 Å². The minimum atomic E-state index is -0.176. The van der Waals surface area contributed by atoms with Crippen molar-refractivity contribution in [2.45, 2.75) is 32.9 Å².